The quantitative estimate of drug-likeness (QED) is 0.496. The first kappa shape index (κ1) is 29.5. The zero-order valence-corrected chi connectivity index (χ0v) is 23.1. The summed E-state index contributed by atoms with van der Waals surface area (Å²) in [5.74, 6) is -1.58. The number of rotatable bonds is 7. The summed E-state index contributed by atoms with van der Waals surface area (Å²) in [6, 6.07) is 9.84. The number of likely N-dealkylation sites (tertiary alicyclic amines) is 1. The molecule has 0 bridgehead atoms. The Kier molecular flexibility index (Phi) is 8.40. The molecule has 222 valence electrons. The lowest BCUT2D eigenvalue weighted by molar-refractivity contribution is -0.142. The molecule has 13 heteroatoms. The summed E-state index contributed by atoms with van der Waals surface area (Å²) in [6.45, 7) is 1.33. The SMILES string of the molecule is O=C(NCc1ccc(C(F)(F)F)cc1)[C@H]1CCCN1C(=O)[C@H]1CCCN(S(=O)(=O)N2CC(c3ccc(F)cc3)C2)C1. The van der Waals surface area contributed by atoms with E-state index in [2.05, 4.69) is 5.32 Å². The monoisotopic (exact) mass is 596 g/mol. The van der Waals surface area contributed by atoms with Gasteiger partial charge in [-0.1, -0.05) is 24.3 Å². The average molecular weight is 597 g/mol. The van der Waals surface area contributed by atoms with Crippen molar-refractivity contribution in [2.75, 3.05) is 32.7 Å². The maximum atomic E-state index is 13.5. The Balaban J connectivity index is 1.15. The van der Waals surface area contributed by atoms with Crippen LogP contribution >= 0.6 is 0 Å². The highest BCUT2D eigenvalue weighted by molar-refractivity contribution is 7.86. The first-order valence-electron chi connectivity index (χ1n) is 13.7. The molecule has 2 amide bonds. The summed E-state index contributed by atoms with van der Waals surface area (Å²) >= 11 is 0. The van der Waals surface area contributed by atoms with Gasteiger partial charge >= 0.3 is 6.18 Å². The smallest absolute Gasteiger partial charge is 0.350 e. The van der Waals surface area contributed by atoms with E-state index in [9.17, 15) is 35.6 Å². The van der Waals surface area contributed by atoms with Gasteiger partial charge in [0.05, 0.1) is 11.5 Å². The summed E-state index contributed by atoms with van der Waals surface area (Å²) in [6.07, 6.45) is -2.33. The Hall–Kier alpha value is -3.03. The molecule has 8 nitrogen and oxygen atoms in total. The van der Waals surface area contributed by atoms with Gasteiger partial charge in [0.2, 0.25) is 11.8 Å². The number of hydrogen-bond acceptors (Lipinski definition) is 4. The van der Waals surface area contributed by atoms with Crippen LogP contribution in [0.3, 0.4) is 0 Å². The van der Waals surface area contributed by atoms with Gasteiger partial charge in [0.25, 0.3) is 10.2 Å². The number of nitrogens with one attached hydrogen (secondary N) is 1. The van der Waals surface area contributed by atoms with Gasteiger partial charge in [0, 0.05) is 45.2 Å². The van der Waals surface area contributed by atoms with Gasteiger partial charge in [-0.3, -0.25) is 9.59 Å². The van der Waals surface area contributed by atoms with Crippen LogP contribution in [0.1, 0.15) is 48.3 Å². The van der Waals surface area contributed by atoms with Gasteiger partial charge < -0.3 is 10.2 Å². The minimum Gasteiger partial charge on any atom is -0.350 e. The number of carbonyl (C=O) groups excluding carboxylic acids is 2. The number of nitrogens with zero attached hydrogens (tertiary/aromatic N) is 3. The molecule has 3 heterocycles. The predicted octanol–water partition coefficient (Wildman–Crippen LogP) is 3.51. The molecule has 0 aromatic heterocycles. The van der Waals surface area contributed by atoms with E-state index in [0.29, 0.717) is 44.3 Å². The molecule has 5 rings (SSSR count). The van der Waals surface area contributed by atoms with Crippen LogP contribution in [0.4, 0.5) is 17.6 Å². The first-order chi connectivity index (χ1) is 19.4. The highest BCUT2D eigenvalue weighted by atomic mass is 32.2. The molecule has 0 unspecified atom stereocenters. The third-order valence-electron chi connectivity index (χ3n) is 8.16. The van der Waals surface area contributed by atoms with E-state index in [1.54, 1.807) is 12.1 Å². The fraction of sp³-hybridized carbons (Fsp3) is 0.500. The zero-order chi connectivity index (χ0) is 29.4. The molecule has 2 aromatic carbocycles. The highest BCUT2D eigenvalue weighted by Gasteiger charge is 2.44. The Morgan fingerprint density at radius 3 is 2.20 bits per heavy atom. The molecule has 0 spiro atoms. The van der Waals surface area contributed by atoms with E-state index in [4.69, 9.17) is 0 Å². The molecule has 2 atom stereocenters. The number of amides is 2. The summed E-state index contributed by atoms with van der Waals surface area (Å²) < 4.78 is 80.9. The second-order valence-corrected chi connectivity index (χ2v) is 12.8. The van der Waals surface area contributed by atoms with Crippen LogP contribution in [0.5, 0.6) is 0 Å². The third kappa shape index (κ3) is 6.41. The topological polar surface area (TPSA) is 90.0 Å². The van der Waals surface area contributed by atoms with Crippen molar-refractivity contribution in [3.05, 3.63) is 71.0 Å². The van der Waals surface area contributed by atoms with Crippen molar-refractivity contribution in [1.29, 1.82) is 0 Å². The number of halogens is 4. The fourth-order valence-electron chi connectivity index (χ4n) is 5.75. The molecule has 1 N–H and O–H groups in total. The lowest BCUT2D eigenvalue weighted by Crippen LogP contribution is -2.57. The van der Waals surface area contributed by atoms with Crippen molar-refractivity contribution in [1.82, 2.24) is 18.8 Å². The van der Waals surface area contributed by atoms with Crippen LogP contribution in [0.25, 0.3) is 0 Å². The van der Waals surface area contributed by atoms with E-state index in [0.717, 1.165) is 17.7 Å². The van der Waals surface area contributed by atoms with E-state index in [1.165, 1.54) is 37.8 Å². The minimum absolute atomic E-state index is 0.0148. The van der Waals surface area contributed by atoms with Crippen LogP contribution in [0, 0.1) is 11.7 Å². The molecule has 3 aliphatic rings. The lowest BCUT2D eigenvalue weighted by atomic mass is 9.94. The van der Waals surface area contributed by atoms with Crippen molar-refractivity contribution in [3.8, 4) is 0 Å². The summed E-state index contributed by atoms with van der Waals surface area (Å²) in [7, 11) is -3.77. The second kappa shape index (κ2) is 11.7. The Morgan fingerprint density at radius 1 is 0.878 bits per heavy atom. The fourth-order valence-corrected chi connectivity index (χ4v) is 7.54. The predicted molar refractivity (Wildman–Crippen MR) is 142 cm³/mol. The van der Waals surface area contributed by atoms with Crippen molar-refractivity contribution < 1.29 is 35.6 Å². The van der Waals surface area contributed by atoms with Crippen LogP contribution in [0.2, 0.25) is 0 Å². The Morgan fingerprint density at radius 2 is 1.54 bits per heavy atom. The Bertz CT molecular complexity index is 1360. The minimum atomic E-state index is -4.44. The van der Waals surface area contributed by atoms with Gasteiger partial charge in [-0.25, -0.2) is 4.39 Å². The van der Waals surface area contributed by atoms with Crippen LogP contribution in [-0.4, -0.2) is 72.5 Å². The molecule has 0 saturated carbocycles. The van der Waals surface area contributed by atoms with Crippen molar-refractivity contribution in [2.45, 2.75) is 50.4 Å². The number of alkyl halides is 3. The molecule has 41 heavy (non-hydrogen) atoms. The normalized spacial score (nSPS) is 22.9. The summed E-state index contributed by atoms with van der Waals surface area (Å²) in [5, 5.41) is 2.72. The Labute approximate surface area is 236 Å². The lowest BCUT2D eigenvalue weighted by Gasteiger charge is -2.43. The molecular formula is C28H32F4N4O4S. The van der Waals surface area contributed by atoms with Gasteiger partial charge in [-0.2, -0.15) is 30.2 Å². The average Bonchev–Trinajstić information content (AvgIpc) is 3.41. The van der Waals surface area contributed by atoms with Gasteiger partial charge in [0.15, 0.2) is 0 Å². The van der Waals surface area contributed by atoms with Crippen LogP contribution in [-0.2, 0) is 32.5 Å². The first-order valence-corrected chi connectivity index (χ1v) is 15.1. The maximum absolute atomic E-state index is 13.5. The molecular weight excluding hydrogens is 564 g/mol. The van der Waals surface area contributed by atoms with E-state index >= 15 is 0 Å². The molecule has 3 fully saturated rings. The maximum Gasteiger partial charge on any atom is 0.416 e. The van der Waals surface area contributed by atoms with E-state index in [-0.39, 0.29) is 49.7 Å². The second-order valence-electron chi connectivity index (χ2n) is 10.9. The van der Waals surface area contributed by atoms with Gasteiger partial charge in [-0.15, -0.1) is 0 Å². The number of hydrogen-bond donors (Lipinski definition) is 1. The summed E-state index contributed by atoms with van der Waals surface area (Å²) in [5.41, 5.74) is 0.606. The molecule has 0 radical (unpaired) electrons. The van der Waals surface area contributed by atoms with Gasteiger partial charge in [-0.05, 0) is 61.1 Å². The molecule has 2 aromatic rings. The van der Waals surface area contributed by atoms with Crippen molar-refractivity contribution in [2.24, 2.45) is 5.92 Å². The van der Waals surface area contributed by atoms with Gasteiger partial charge in [0.1, 0.15) is 11.9 Å². The summed E-state index contributed by atoms with van der Waals surface area (Å²) in [4.78, 5) is 27.9. The third-order valence-corrected chi connectivity index (χ3v) is 10.1. The highest BCUT2D eigenvalue weighted by Crippen LogP contribution is 2.33. The molecule has 0 aliphatic carbocycles. The molecule has 3 saturated heterocycles. The van der Waals surface area contributed by atoms with Crippen molar-refractivity contribution in [3.63, 3.8) is 0 Å². The standard InChI is InChI=1S/C28H32F4N4O4S/c29-24-11-7-20(8-12-24)22-17-35(18-22)41(39,40)34-13-1-3-21(16-34)27(38)36-14-2-4-25(36)26(37)33-15-19-5-9-23(10-6-19)28(30,31)32/h5-12,21-22,25H,1-4,13-18H2,(H,33,37)/t21-,25+/m0/s1. The largest absolute Gasteiger partial charge is 0.416 e. The zero-order valence-electron chi connectivity index (χ0n) is 22.3. The number of piperidine rings is 1. The number of carbonyl (C=O) groups is 2. The van der Waals surface area contributed by atoms with E-state index < -0.39 is 33.9 Å². The van der Waals surface area contributed by atoms with E-state index in [1.807, 2.05) is 0 Å². The van der Waals surface area contributed by atoms with Crippen molar-refractivity contribution >= 4 is 22.0 Å². The van der Waals surface area contributed by atoms with Crippen LogP contribution < -0.4 is 5.32 Å². The molecule has 3 aliphatic heterocycles. The van der Waals surface area contributed by atoms with Crippen LogP contribution in [0.15, 0.2) is 48.5 Å². The number of benzene rings is 2.